The van der Waals surface area contributed by atoms with Crippen molar-refractivity contribution in [2.75, 3.05) is 41.4 Å². The second kappa shape index (κ2) is 10.1. The van der Waals surface area contributed by atoms with Crippen molar-refractivity contribution in [3.8, 4) is 5.75 Å². The van der Waals surface area contributed by atoms with Gasteiger partial charge in [0.25, 0.3) is 0 Å². The molecular formula is C20H25BrN8O3. The fourth-order valence-corrected chi connectivity index (χ4v) is 4.34. The first kappa shape index (κ1) is 22.2. The number of hydrogen-bond acceptors (Lipinski definition) is 10. The van der Waals surface area contributed by atoms with Crippen molar-refractivity contribution >= 4 is 45.7 Å². The first-order valence-electron chi connectivity index (χ1n) is 10.7. The first-order chi connectivity index (χ1) is 15.5. The Morgan fingerprint density at radius 3 is 2.09 bits per heavy atom. The predicted octanol–water partition coefficient (Wildman–Crippen LogP) is 3.67. The summed E-state index contributed by atoms with van der Waals surface area (Å²) in [4.78, 5) is 28.6. The third-order valence-electron chi connectivity index (χ3n) is 5.54. The van der Waals surface area contributed by atoms with Gasteiger partial charge in [-0.05, 0) is 44.6 Å². The summed E-state index contributed by atoms with van der Waals surface area (Å²) < 4.78 is 0.461. The molecule has 2 fully saturated rings. The molecule has 4 rings (SSSR count). The number of hydrogen-bond donors (Lipinski definition) is 2. The Labute approximate surface area is 193 Å². The number of rotatable bonds is 6. The fraction of sp³-hybridized carbons (Fsp3) is 0.500. The summed E-state index contributed by atoms with van der Waals surface area (Å²) in [5.74, 6) is 1.08. The molecule has 2 aromatic rings. The minimum absolute atomic E-state index is 0.195. The maximum absolute atomic E-state index is 11.1. The third kappa shape index (κ3) is 5.23. The van der Waals surface area contributed by atoms with Crippen LogP contribution >= 0.6 is 15.9 Å². The Kier molecular flexibility index (Phi) is 6.98. The van der Waals surface area contributed by atoms with E-state index in [9.17, 15) is 15.2 Å². The van der Waals surface area contributed by atoms with Gasteiger partial charge in [0.2, 0.25) is 23.6 Å². The molecule has 0 atom stereocenters. The highest BCUT2D eigenvalue weighted by molar-refractivity contribution is 9.10. The molecule has 11 nitrogen and oxygen atoms in total. The number of nitro benzene ring substituents is 1. The molecular weight excluding hydrogens is 480 g/mol. The van der Waals surface area contributed by atoms with Crippen LogP contribution < -0.4 is 15.2 Å². The number of phenolic OH excluding ortho intramolecular Hbond substituents is 1. The van der Waals surface area contributed by atoms with Crippen molar-refractivity contribution < 1.29 is 10.0 Å². The van der Waals surface area contributed by atoms with E-state index in [0.717, 1.165) is 51.9 Å². The van der Waals surface area contributed by atoms with Crippen molar-refractivity contribution in [2.24, 2.45) is 5.10 Å². The summed E-state index contributed by atoms with van der Waals surface area (Å²) in [5.41, 5.74) is 2.60. The number of anilines is 3. The molecule has 0 saturated carbocycles. The lowest BCUT2D eigenvalue weighted by Gasteiger charge is -2.30. The number of halogens is 1. The molecule has 3 heterocycles. The van der Waals surface area contributed by atoms with Gasteiger partial charge in [0.1, 0.15) is 0 Å². The number of aromatic hydroxyl groups is 1. The van der Waals surface area contributed by atoms with E-state index >= 15 is 0 Å². The molecule has 0 bridgehead atoms. The van der Waals surface area contributed by atoms with Crippen LogP contribution in [0.1, 0.15) is 44.1 Å². The summed E-state index contributed by atoms with van der Waals surface area (Å²) in [6.45, 7) is 3.62. The van der Waals surface area contributed by atoms with Gasteiger partial charge in [-0.3, -0.25) is 10.1 Å². The van der Waals surface area contributed by atoms with Gasteiger partial charge in [0.15, 0.2) is 0 Å². The topological polar surface area (TPSA) is 133 Å². The highest BCUT2D eigenvalue weighted by Crippen LogP contribution is 2.32. The average molecular weight is 505 g/mol. The van der Waals surface area contributed by atoms with Crippen molar-refractivity contribution in [3.05, 3.63) is 32.3 Å². The lowest BCUT2D eigenvalue weighted by molar-refractivity contribution is -0.385. The summed E-state index contributed by atoms with van der Waals surface area (Å²) in [6.07, 6.45) is 8.13. The van der Waals surface area contributed by atoms with Gasteiger partial charge in [-0.2, -0.15) is 20.1 Å². The molecule has 0 spiro atoms. The zero-order chi connectivity index (χ0) is 22.5. The number of nitrogens with one attached hydrogen (secondary N) is 1. The maximum Gasteiger partial charge on any atom is 0.312 e. The standard InChI is InChI=1S/C20H25BrN8O3/c21-15-11-14(17(30)16(12-15)29(31)32)13-22-26-18-23-19(27-7-3-1-4-8-27)25-20(24-18)28-9-5-2-6-10-28/h11-13,30H,1-10H2,(H,23,24,25,26). The van der Waals surface area contributed by atoms with Crippen LogP contribution in [0, 0.1) is 10.1 Å². The van der Waals surface area contributed by atoms with E-state index in [2.05, 4.69) is 46.2 Å². The lowest BCUT2D eigenvalue weighted by atomic mass is 10.1. The van der Waals surface area contributed by atoms with E-state index in [1.807, 2.05) is 0 Å². The number of phenols is 1. The summed E-state index contributed by atoms with van der Waals surface area (Å²) >= 11 is 3.22. The molecule has 2 saturated heterocycles. The Morgan fingerprint density at radius 1 is 1.00 bits per heavy atom. The van der Waals surface area contributed by atoms with Crippen LogP contribution in [-0.4, -0.2) is 57.4 Å². The minimum Gasteiger partial charge on any atom is -0.502 e. The number of aromatic nitrogens is 3. The minimum atomic E-state index is -0.646. The van der Waals surface area contributed by atoms with Gasteiger partial charge in [0.05, 0.1) is 11.1 Å². The van der Waals surface area contributed by atoms with Crippen molar-refractivity contribution in [3.63, 3.8) is 0 Å². The Morgan fingerprint density at radius 2 is 1.56 bits per heavy atom. The first-order valence-corrected chi connectivity index (χ1v) is 11.5. The SMILES string of the molecule is O=[N+]([O-])c1cc(Br)cc(C=NNc2nc(N3CCCCC3)nc(N3CCCCC3)n2)c1O. The van der Waals surface area contributed by atoms with Crippen LogP contribution in [0.25, 0.3) is 0 Å². The van der Waals surface area contributed by atoms with Crippen LogP contribution in [0.5, 0.6) is 5.75 Å². The van der Waals surface area contributed by atoms with E-state index in [-0.39, 0.29) is 5.56 Å². The average Bonchev–Trinajstić information content (AvgIpc) is 2.82. The predicted molar refractivity (Wildman–Crippen MR) is 126 cm³/mol. The number of benzene rings is 1. The monoisotopic (exact) mass is 504 g/mol. The molecule has 32 heavy (non-hydrogen) atoms. The molecule has 1 aromatic heterocycles. The second-order valence-electron chi connectivity index (χ2n) is 7.84. The van der Waals surface area contributed by atoms with Gasteiger partial charge in [-0.25, -0.2) is 5.43 Å². The summed E-state index contributed by atoms with van der Waals surface area (Å²) in [5, 5.41) is 25.4. The molecule has 2 N–H and O–H groups in total. The van der Waals surface area contributed by atoms with E-state index in [1.54, 1.807) is 6.07 Å². The van der Waals surface area contributed by atoms with Gasteiger partial charge in [-0.15, -0.1) is 0 Å². The molecule has 1 aromatic carbocycles. The quantitative estimate of drug-likeness (QED) is 0.343. The zero-order valence-corrected chi connectivity index (χ0v) is 19.2. The van der Waals surface area contributed by atoms with Crippen LogP contribution in [0.4, 0.5) is 23.5 Å². The van der Waals surface area contributed by atoms with Gasteiger partial charge in [0, 0.05) is 42.3 Å². The summed E-state index contributed by atoms with van der Waals surface area (Å²) in [6, 6.07) is 2.78. The van der Waals surface area contributed by atoms with Crippen LogP contribution in [0.15, 0.2) is 21.7 Å². The third-order valence-corrected chi connectivity index (χ3v) is 6.00. The van der Waals surface area contributed by atoms with E-state index < -0.39 is 16.4 Å². The highest BCUT2D eigenvalue weighted by Gasteiger charge is 2.21. The fourth-order valence-electron chi connectivity index (χ4n) is 3.88. The van der Waals surface area contributed by atoms with E-state index in [0.29, 0.717) is 22.3 Å². The largest absolute Gasteiger partial charge is 0.502 e. The molecule has 12 heteroatoms. The van der Waals surface area contributed by atoms with Crippen molar-refractivity contribution in [1.29, 1.82) is 0 Å². The summed E-state index contributed by atoms with van der Waals surface area (Å²) in [7, 11) is 0. The second-order valence-corrected chi connectivity index (χ2v) is 8.76. The van der Waals surface area contributed by atoms with Crippen molar-refractivity contribution in [1.82, 2.24) is 15.0 Å². The molecule has 0 radical (unpaired) electrons. The molecule has 0 aliphatic carbocycles. The molecule has 2 aliphatic rings. The number of nitro groups is 1. The van der Waals surface area contributed by atoms with Crippen LogP contribution in [-0.2, 0) is 0 Å². The van der Waals surface area contributed by atoms with Gasteiger partial charge >= 0.3 is 5.69 Å². The molecule has 2 aliphatic heterocycles. The number of piperidine rings is 2. The number of nitrogens with zero attached hydrogens (tertiary/aromatic N) is 7. The number of hydrazone groups is 1. The van der Waals surface area contributed by atoms with Gasteiger partial charge < -0.3 is 14.9 Å². The van der Waals surface area contributed by atoms with Crippen LogP contribution in [0.2, 0.25) is 0 Å². The Bertz CT molecular complexity index is 970. The highest BCUT2D eigenvalue weighted by atomic mass is 79.9. The Hall–Kier alpha value is -3.02. The molecule has 0 amide bonds. The maximum atomic E-state index is 11.1. The lowest BCUT2D eigenvalue weighted by Crippen LogP contribution is -2.34. The van der Waals surface area contributed by atoms with Crippen molar-refractivity contribution in [2.45, 2.75) is 38.5 Å². The normalized spacial score (nSPS) is 17.0. The Balaban J connectivity index is 1.59. The van der Waals surface area contributed by atoms with Gasteiger partial charge in [-0.1, -0.05) is 15.9 Å². The van der Waals surface area contributed by atoms with E-state index in [4.69, 9.17) is 4.98 Å². The molecule has 0 unspecified atom stereocenters. The van der Waals surface area contributed by atoms with Crippen LogP contribution in [0.3, 0.4) is 0 Å². The van der Waals surface area contributed by atoms with E-state index in [1.165, 1.54) is 25.1 Å². The smallest absolute Gasteiger partial charge is 0.312 e. The molecule has 170 valence electrons. The zero-order valence-electron chi connectivity index (χ0n) is 17.6.